The number of rotatable bonds is 12. The van der Waals surface area contributed by atoms with Crippen molar-refractivity contribution in [2.45, 2.75) is 98.9 Å². The molecule has 0 fully saturated rings. The molecule has 0 amide bonds. The van der Waals surface area contributed by atoms with Crippen LogP contribution >= 0.6 is 0 Å². The van der Waals surface area contributed by atoms with Crippen LogP contribution in [0.4, 0.5) is 5.82 Å². The van der Waals surface area contributed by atoms with E-state index in [4.69, 9.17) is 9.39 Å². The van der Waals surface area contributed by atoms with Crippen LogP contribution in [-0.4, -0.2) is 46.9 Å². The maximum atomic E-state index is 12.5. The third-order valence-electron chi connectivity index (χ3n) is 6.21. The highest BCUT2D eigenvalue weighted by atomic mass is 16.6. The number of nitrogens with one attached hydrogen (secondary N) is 1. The average molecular weight is 447 g/mol. The lowest BCUT2D eigenvalue weighted by atomic mass is 9.83. The van der Waals surface area contributed by atoms with Crippen LogP contribution in [-0.2, 0) is 14.2 Å². The Balaban J connectivity index is 2.62. The van der Waals surface area contributed by atoms with Gasteiger partial charge in [0.05, 0.1) is 17.1 Å². The Bertz CT molecular complexity index is 725. The summed E-state index contributed by atoms with van der Waals surface area (Å²) in [5, 5.41) is 13.6. The number of esters is 1. The highest BCUT2D eigenvalue weighted by molar-refractivity contribution is 6.47. The van der Waals surface area contributed by atoms with Gasteiger partial charge in [0, 0.05) is 12.7 Å². The number of ether oxygens (including phenoxy) is 1. The number of aliphatic hydroxyl groups is 1. The molecule has 0 aliphatic heterocycles. The van der Waals surface area contributed by atoms with Crippen LogP contribution in [0, 0.1) is 17.8 Å². The zero-order valence-corrected chi connectivity index (χ0v) is 21.8. The zero-order chi connectivity index (χ0) is 24.7. The van der Waals surface area contributed by atoms with Crippen molar-refractivity contribution in [3.63, 3.8) is 0 Å². The second-order valence-electron chi connectivity index (χ2n) is 11.0. The van der Waals surface area contributed by atoms with Gasteiger partial charge in [0.25, 0.3) is 0 Å². The fourth-order valence-electron chi connectivity index (χ4n) is 2.94. The third-order valence-corrected chi connectivity index (χ3v) is 6.21. The van der Waals surface area contributed by atoms with Gasteiger partial charge in [0.1, 0.15) is 11.4 Å². The Labute approximate surface area is 196 Å². The van der Waals surface area contributed by atoms with Crippen LogP contribution in [0.2, 0.25) is 0 Å². The monoisotopic (exact) mass is 447 g/mol. The minimum atomic E-state index is -0.973. The normalized spacial score (nSPS) is 15.6. The van der Waals surface area contributed by atoms with Gasteiger partial charge in [0.15, 0.2) is 0 Å². The average Bonchev–Trinajstić information content (AvgIpc) is 2.66. The molecule has 3 atom stereocenters. The van der Waals surface area contributed by atoms with Crippen molar-refractivity contribution in [2.75, 3.05) is 11.9 Å². The van der Waals surface area contributed by atoms with Crippen molar-refractivity contribution in [3.8, 4) is 0 Å². The maximum Gasteiger partial charge on any atom is 0.331 e. The van der Waals surface area contributed by atoms with Gasteiger partial charge in [-0.25, -0.2) is 4.98 Å². The number of aromatic nitrogens is 1. The first kappa shape index (κ1) is 28.4. The Morgan fingerprint density at radius 2 is 1.78 bits per heavy atom. The molecule has 3 unspecified atom stereocenters. The number of anilines is 1. The summed E-state index contributed by atoms with van der Waals surface area (Å²) < 4.78 is 11.4. The molecule has 7 heteroatoms. The molecule has 0 saturated heterocycles. The quantitative estimate of drug-likeness (QED) is 0.367. The van der Waals surface area contributed by atoms with Crippen molar-refractivity contribution < 1.29 is 19.3 Å². The van der Waals surface area contributed by atoms with Crippen molar-refractivity contribution in [3.05, 3.63) is 18.3 Å². The Morgan fingerprint density at radius 3 is 2.31 bits per heavy atom. The third kappa shape index (κ3) is 9.49. The summed E-state index contributed by atoms with van der Waals surface area (Å²) in [5.41, 5.74) is -1.28. The molecular weight excluding hydrogens is 403 g/mol. The van der Waals surface area contributed by atoms with Crippen LogP contribution < -0.4 is 10.8 Å². The van der Waals surface area contributed by atoms with Gasteiger partial charge in [0.2, 0.25) is 0 Å². The Hall–Kier alpha value is -1.60. The van der Waals surface area contributed by atoms with E-state index in [1.807, 2.05) is 53.7 Å². The lowest BCUT2D eigenvalue weighted by molar-refractivity contribution is -0.160. The van der Waals surface area contributed by atoms with Crippen molar-refractivity contribution in [1.82, 2.24) is 4.98 Å². The maximum absolute atomic E-state index is 12.5. The molecule has 0 aliphatic rings. The number of carbonyl (C=O) groups is 1. The number of carbonyl (C=O) groups excluding carboxylic acids is 1. The van der Waals surface area contributed by atoms with Crippen LogP contribution in [0.1, 0.15) is 82.1 Å². The lowest BCUT2D eigenvalue weighted by Gasteiger charge is -2.37. The number of pyridine rings is 1. The van der Waals surface area contributed by atoms with Gasteiger partial charge in [-0.3, -0.25) is 4.79 Å². The fourth-order valence-corrected chi connectivity index (χ4v) is 2.94. The fraction of sp³-hybridized carbons (Fsp3) is 0.760. The summed E-state index contributed by atoms with van der Waals surface area (Å²) in [6, 6.07) is 3.79. The van der Waals surface area contributed by atoms with Crippen molar-refractivity contribution in [2.24, 2.45) is 17.8 Å². The van der Waals surface area contributed by atoms with Gasteiger partial charge >= 0.3 is 13.5 Å². The smallest absolute Gasteiger partial charge is 0.331 e. The molecule has 181 valence electrons. The lowest BCUT2D eigenvalue weighted by Crippen LogP contribution is -2.49. The number of hydrogen-bond acceptors (Lipinski definition) is 6. The minimum Gasteiger partial charge on any atom is -0.460 e. The van der Waals surface area contributed by atoms with Crippen molar-refractivity contribution in [1.29, 1.82) is 0 Å². The number of hydrogen-bond donors (Lipinski definition) is 2. The minimum absolute atomic E-state index is 0.0843. The van der Waals surface area contributed by atoms with E-state index in [1.54, 1.807) is 27.5 Å². The summed E-state index contributed by atoms with van der Waals surface area (Å²) in [4.78, 5) is 16.9. The van der Waals surface area contributed by atoms with Crippen LogP contribution in [0.3, 0.4) is 0 Å². The summed E-state index contributed by atoms with van der Waals surface area (Å²) in [5.74, 6) is 1.28. The molecule has 0 bridgehead atoms. The molecule has 1 aromatic heterocycles. The first-order valence-electron chi connectivity index (χ1n) is 11.7. The molecule has 1 radical (unpaired) electrons. The molecule has 0 aliphatic carbocycles. The van der Waals surface area contributed by atoms with E-state index in [9.17, 15) is 9.90 Å². The predicted molar refractivity (Wildman–Crippen MR) is 132 cm³/mol. The first-order valence-corrected chi connectivity index (χ1v) is 11.7. The summed E-state index contributed by atoms with van der Waals surface area (Å²) in [7, 11) is 1.66. The first-order chi connectivity index (χ1) is 14.6. The topological polar surface area (TPSA) is 80.7 Å². The standard InChI is InChI=1S/C25H44BN2O4/c1-11-19(22(29)31-23(4,5)6)14-17(2)18(3)16-28-21-15-20(12-13-27-21)26-32-25(9,10)24(7,8)30/h12-13,15,17-19,30H,11,14,16H2,1-10H3,(H,27,28). The Kier molecular flexibility index (Phi) is 10.2. The molecule has 0 aromatic carbocycles. The van der Waals surface area contributed by atoms with E-state index in [-0.39, 0.29) is 11.9 Å². The highest BCUT2D eigenvalue weighted by Crippen LogP contribution is 2.26. The Morgan fingerprint density at radius 1 is 1.16 bits per heavy atom. The van der Waals surface area contributed by atoms with E-state index in [1.165, 1.54) is 0 Å². The zero-order valence-electron chi connectivity index (χ0n) is 21.8. The molecule has 32 heavy (non-hydrogen) atoms. The van der Waals surface area contributed by atoms with E-state index >= 15 is 0 Å². The van der Waals surface area contributed by atoms with E-state index < -0.39 is 16.8 Å². The van der Waals surface area contributed by atoms with E-state index in [2.05, 4.69) is 24.1 Å². The molecule has 1 aromatic rings. The van der Waals surface area contributed by atoms with Crippen molar-refractivity contribution >= 4 is 24.7 Å². The van der Waals surface area contributed by atoms with Gasteiger partial charge < -0.3 is 19.8 Å². The van der Waals surface area contributed by atoms with E-state index in [0.717, 1.165) is 30.7 Å². The molecule has 2 N–H and O–H groups in total. The number of nitrogens with zero attached hydrogens (tertiary/aromatic N) is 1. The van der Waals surface area contributed by atoms with Crippen LogP contribution in [0.25, 0.3) is 0 Å². The highest BCUT2D eigenvalue weighted by Gasteiger charge is 2.35. The SMILES string of the molecule is CCC(CC(C)C(C)CNc1cc([B]OC(C)(C)C(C)(C)O)ccn1)C(=O)OC(C)(C)C. The molecule has 0 saturated carbocycles. The largest absolute Gasteiger partial charge is 0.460 e. The molecule has 0 spiro atoms. The summed E-state index contributed by atoms with van der Waals surface area (Å²) in [6.07, 6.45) is 3.31. The van der Waals surface area contributed by atoms with Crippen LogP contribution in [0.5, 0.6) is 0 Å². The molecule has 6 nitrogen and oxygen atoms in total. The van der Waals surface area contributed by atoms with Gasteiger partial charge in [-0.2, -0.15) is 0 Å². The summed E-state index contributed by atoms with van der Waals surface area (Å²) >= 11 is 0. The second kappa shape index (κ2) is 11.5. The van der Waals surface area contributed by atoms with E-state index in [0.29, 0.717) is 11.8 Å². The van der Waals surface area contributed by atoms with Crippen LogP contribution in [0.15, 0.2) is 18.3 Å². The van der Waals surface area contributed by atoms with Gasteiger partial charge in [-0.15, -0.1) is 0 Å². The van der Waals surface area contributed by atoms with Gasteiger partial charge in [-0.05, 0) is 90.7 Å². The summed E-state index contributed by atoms with van der Waals surface area (Å²) in [6.45, 7) is 20.0. The molecule has 1 heterocycles. The van der Waals surface area contributed by atoms with Gasteiger partial charge in [-0.1, -0.05) is 20.8 Å². The molecular formula is C25H44BN2O4. The predicted octanol–water partition coefficient (Wildman–Crippen LogP) is 4.33. The second-order valence-corrected chi connectivity index (χ2v) is 11.0. The molecule has 1 rings (SSSR count).